The Morgan fingerprint density at radius 3 is 2.62 bits per heavy atom. The molecule has 210 valence electrons. The molecule has 40 heavy (non-hydrogen) atoms. The van der Waals surface area contributed by atoms with Crippen LogP contribution in [0.15, 0.2) is 53.6 Å². The first-order valence-corrected chi connectivity index (χ1v) is 15.0. The number of aromatic amines is 1. The largest absolute Gasteiger partial charge is 0.338 e. The highest BCUT2D eigenvalue weighted by atomic mass is 35.5. The average Bonchev–Trinajstić information content (AvgIpc) is 3.32. The van der Waals surface area contributed by atoms with Crippen LogP contribution in [0, 0.1) is 0 Å². The minimum atomic E-state index is -3.54. The summed E-state index contributed by atoms with van der Waals surface area (Å²) >= 11 is 6.35. The van der Waals surface area contributed by atoms with Crippen molar-refractivity contribution in [3.63, 3.8) is 0 Å². The molecule has 1 saturated heterocycles. The van der Waals surface area contributed by atoms with E-state index in [9.17, 15) is 13.2 Å². The number of nitrogens with zero attached hydrogens (tertiary/aromatic N) is 4. The molecule has 0 saturated carbocycles. The molecule has 0 unspecified atom stereocenters. The predicted molar refractivity (Wildman–Crippen MR) is 157 cm³/mol. The Kier molecular flexibility index (Phi) is 8.19. The summed E-state index contributed by atoms with van der Waals surface area (Å²) in [5.41, 5.74) is 1.77. The number of hydrogen-bond donors (Lipinski definition) is 4. The molecule has 1 aliphatic rings. The molecule has 1 aliphatic heterocycles. The van der Waals surface area contributed by atoms with Crippen molar-refractivity contribution < 1.29 is 13.2 Å². The van der Waals surface area contributed by atoms with Gasteiger partial charge in [0.05, 0.1) is 34.1 Å². The summed E-state index contributed by atoms with van der Waals surface area (Å²) in [7, 11) is -3.54. The van der Waals surface area contributed by atoms with Crippen LogP contribution in [0.4, 0.5) is 29.0 Å². The summed E-state index contributed by atoms with van der Waals surface area (Å²) in [5, 5.41) is 16.7. The number of halogens is 1. The fourth-order valence-electron chi connectivity index (χ4n) is 4.53. The Morgan fingerprint density at radius 2 is 1.85 bits per heavy atom. The second-order valence-corrected chi connectivity index (χ2v) is 12.8. The number of aromatic nitrogens is 4. The van der Waals surface area contributed by atoms with E-state index < -0.39 is 15.1 Å². The number of benzene rings is 2. The molecular weight excluding hydrogens is 552 g/mol. The number of nitrogens with one attached hydrogen (secondary N) is 4. The van der Waals surface area contributed by atoms with E-state index in [2.05, 4.69) is 41.0 Å². The monoisotopic (exact) mass is 582 g/mol. The van der Waals surface area contributed by atoms with Crippen molar-refractivity contribution in [2.24, 2.45) is 0 Å². The number of sulfone groups is 1. The van der Waals surface area contributed by atoms with Gasteiger partial charge in [-0.2, -0.15) is 10.1 Å². The smallest absolute Gasteiger partial charge is 0.239 e. The fourth-order valence-corrected chi connectivity index (χ4v) is 5.87. The minimum Gasteiger partial charge on any atom is -0.338 e. The van der Waals surface area contributed by atoms with E-state index in [1.165, 1.54) is 12.6 Å². The Morgan fingerprint density at radius 1 is 1.07 bits per heavy atom. The highest BCUT2D eigenvalue weighted by molar-refractivity contribution is 7.92. The van der Waals surface area contributed by atoms with Gasteiger partial charge in [-0.05, 0) is 70.1 Å². The van der Waals surface area contributed by atoms with Gasteiger partial charge in [0.25, 0.3) is 0 Å². The van der Waals surface area contributed by atoms with Crippen LogP contribution in [0.2, 0.25) is 5.02 Å². The van der Waals surface area contributed by atoms with Crippen molar-refractivity contribution in [3.8, 4) is 0 Å². The van der Waals surface area contributed by atoms with Crippen molar-refractivity contribution >= 4 is 67.2 Å². The molecule has 5 rings (SSSR count). The summed E-state index contributed by atoms with van der Waals surface area (Å²) < 4.78 is 25.7. The van der Waals surface area contributed by atoms with E-state index in [1.807, 2.05) is 18.2 Å². The standard InChI is InChI=1S/C27H31ClN8O3S/c1-17(2)40(38,39)23-9-5-4-8-21(23)31-26-20(28)15-29-27(33-26)30-18-10-11-19-22(14-18)34-35-25(19)32-24(37)16-36-12-6-3-7-13-36/h4-5,8-11,14-15,17H,3,6-7,12-13,16H2,1-2H3,(H2,29,30,31,33)(H2,32,34,35,37). The third-order valence-electron chi connectivity index (χ3n) is 6.70. The molecule has 2 aromatic heterocycles. The maximum absolute atomic E-state index is 12.8. The van der Waals surface area contributed by atoms with Gasteiger partial charge in [0.15, 0.2) is 21.5 Å². The molecule has 0 bridgehead atoms. The lowest BCUT2D eigenvalue weighted by Gasteiger charge is -2.25. The topological polar surface area (TPSA) is 145 Å². The highest BCUT2D eigenvalue weighted by Crippen LogP contribution is 2.31. The van der Waals surface area contributed by atoms with Gasteiger partial charge in [0, 0.05) is 11.1 Å². The molecule has 0 radical (unpaired) electrons. The van der Waals surface area contributed by atoms with Crippen molar-refractivity contribution in [2.75, 3.05) is 35.6 Å². The lowest BCUT2D eigenvalue weighted by Crippen LogP contribution is -2.36. The summed E-state index contributed by atoms with van der Waals surface area (Å²) in [4.78, 5) is 23.6. The number of rotatable bonds is 9. The zero-order valence-electron chi connectivity index (χ0n) is 22.2. The van der Waals surface area contributed by atoms with E-state index in [0.717, 1.165) is 36.8 Å². The third-order valence-corrected chi connectivity index (χ3v) is 9.19. The van der Waals surface area contributed by atoms with E-state index >= 15 is 0 Å². The minimum absolute atomic E-state index is 0.0881. The van der Waals surface area contributed by atoms with Gasteiger partial charge in [0.2, 0.25) is 11.9 Å². The quantitative estimate of drug-likeness (QED) is 0.212. The number of H-pyrrole nitrogens is 1. The third kappa shape index (κ3) is 6.19. The van der Waals surface area contributed by atoms with Gasteiger partial charge in [-0.1, -0.05) is 30.2 Å². The zero-order chi connectivity index (χ0) is 28.3. The predicted octanol–water partition coefficient (Wildman–Crippen LogP) is 5.10. The Hall–Kier alpha value is -3.74. The summed E-state index contributed by atoms with van der Waals surface area (Å²) in [6.07, 6.45) is 4.89. The number of likely N-dealkylation sites (tertiary alicyclic amines) is 1. The average molecular weight is 583 g/mol. The normalized spacial score (nSPS) is 14.4. The number of fused-ring (bicyclic) bond motifs is 1. The lowest BCUT2D eigenvalue weighted by molar-refractivity contribution is -0.117. The first-order chi connectivity index (χ1) is 19.2. The first kappa shape index (κ1) is 27.8. The Labute approximate surface area is 237 Å². The zero-order valence-corrected chi connectivity index (χ0v) is 23.8. The first-order valence-electron chi connectivity index (χ1n) is 13.1. The molecule has 13 heteroatoms. The van der Waals surface area contributed by atoms with E-state index in [1.54, 1.807) is 38.1 Å². The molecule has 0 atom stereocenters. The van der Waals surface area contributed by atoms with Gasteiger partial charge in [-0.3, -0.25) is 14.8 Å². The van der Waals surface area contributed by atoms with Crippen molar-refractivity contribution in [3.05, 3.63) is 53.7 Å². The van der Waals surface area contributed by atoms with Gasteiger partial charge in [-0.15, -0.1) is 0 Å². The van der Waals surface area contributed by atoms with Gasteiger partial charge >= 0.3 is 0 Å². The molecule has 1 amide bonds. The molecule has 2 aromatic carbocycles. The maximum atomic E-state index is 12.8. The number of anilines is 5. The molecule has 0 spiro atoms. The lowest BCUT2D eigenvalue weighted by atomic mass is 10.1. The van der Waals surface area contributed by atoms with E-state index in [0.29, 0.717) is 23.7 Å². The molecule has 0 aliphatic carbocycles. The van der Waals surface area contributed by atoms with Crippen LogP contribution < -0.4 is 16.0 Å². The van der Waals surface area contributed by atoms with Gasteiger partial charge in [-0.25, -0.2) is 13.4 Å². The van der Waals surface area contributed by atoms with Crippen molar-refractivity contribution in [1.82, 2.24) is 25.1 Å². The molecule has 11 nitrogen and oxygen atoms in total. The van der Waals surface area contributed by atoms with E-state index in [4.69, 9.17) is 11.6 Å². The van der Waals surface area contributed by atoms with Crippen molar-refractivity contribution in [2.45, 2.75) is 43.3 Å². The second-order valence-electron chi connectivity index (χ2n) is 9.95. The number of amides is 1. The highest BCUT2D eigenvalue weighted by Gasteiger charge is 2.23. The Balaban J connectivity index is 1.31. The maximum Gasteiger partial charge on any atom is 0.239 e. The molecule has 4 aromatic rings. The molecular formula is C27H31ClN8O3S. The van der Waals surface area contributed by atoms with Crippen LogP contribution in [0.5, 0.6) is 0 Å². The van der Waals surface area contributed by atoms with Crippen LogP contribution in [0.25, 0.3) is 10.9 Å². The number of carbonyl (C=O) groups excluding carboxylic acids is 1. The van der Waals surface area contributed by atoms with Crippen LogP contribution in [0.1, 0.15) is 33.1 Å². The van der Waals surface area contributed by atoms with Crippen LogP contribution in [-0.4, -0.2) is 64.3 Å². The fraction of sp³-hybridized carbons (Fsp3) is 0.333. The Bertz CT molecular complexity index is 1630. The van der Waals surface area contributed by atoms with E-state index in [-0.39, 0.29) is 27.6 Å². The number of carbonyl (C=O) groups is 1. The summed E-state index contributed by atoms with van der Waals surface area (Å²) in [6, 6.07) is 12.1. The van der Waals surface area contributed by atoms with Gasteiger partial charge in [0.1, 0.15) is 5.02 Å². The SMILES string of the molecule is CC(C)S(=O)(=O)c1ccccc1Nc1nc(Nc2ccc3c(NC(=O)CN4CCCCC4)n[nH]c3c2)ncc1Cl. The number of hydrogen-bond acceptors (Lipinski definition) is 9. The second kappa shape index (κ2) is 11.8. The summed E-state index contributed by atoms with van der Waals surface area (Å²) in [6.45, 7) is 5.50. The van der Waals surface area contributed by atoms with Crippen LogP contribution in [-0.2, 0) is 14.6 Å². The molecule has 1 fully saturated rings. The number of para-hydroxylation sites is 1. The van der Waals surface area contributed by atoms with Gasteiger partial charge < -0.3 is 16.0 Å². The molecule has 3 heterocycles. The molecule has 4 N–H and O–H groups in total. The van der Waals surface area contributed by atoms with Crippen LogP contribution in [0.3, 0.4) is 0 Å². The van der Waals surface area contributed by atoms with Crippen LogP contribution >= 0.6 is 11.6 Å². The summed E-state index contributed by atoms with van der Waals surface area (Å²) in [5.74, 6) is 0.902. The van der Waals surface area contributed by atoms with Crippen molar-refractivity contribution in [1.29, 1.82) is 0 Å². The number of piperidine rings is 1.